The molecule has 1 amide bonds. The molecule has 14 heteroatoms. The molecule has 13 nitrogen and oxygen atoms in total. The zero-order valence-corrected chi connectivity index (χ0v) is 36.8. The molecule has 1 fully saturated rings. The van der Waals surface area contributed by atoms with Crippen LogP contribution in [0.25, 0.3) is 11.0 Å². The van der Waals surface area contributed by atoms with E-state index in [2.05, 4.69) is 65.9 Å². The van der Waals surface area contributed by atoms with E-state index in [-0.39, 0.29) is 37.6 Å². The number of aromatic nitrogens is 3. The van der Waals surface area contributed by atoms with Gasteiger partial charge in [-0.15, -0.1) is 0 Å². The van der Waals surface area contributed by atoms with Crippen molar-refractivity contribution in [2.24, 2.45) is 0 Å². The topological polar surface area (TPSA) is 142 Å². The van der Waals surface area contributed by atoms with E-state index in [1.165, 1.54) is 6.33 Å². The van der Waals surface area contributed by atoms with Crippen molar-refractivity contribution < 1.29 is 32.8 Å². The van der Waals surface area contributed by atoms with Gasteiger partial charge in [0, 0.05) is 30.3 Å². The average Bonchev–Trinajstić information content (AvgIpc) is 3.92. The molecule has 0 spiro atoms. The number of hydrogen-bond acceptors (Lipinski definition) is 11. The lowest BCUT2D eigenvalue weighted by atomic mass is 9.80. The summed E-state index contributed by atoms with van der Waals surface area (Å²) in [7, 11) is 1.65. The van der Waals surface area contributed by atoms with Crippen LogP contribution in [-0.2, 0) is 24.1 Å². The summed E-state index contributed by atoms with van der Waals surface area (Å²) in [6.07, 6.45) is 2.30. The Morgan fingerprint density at radius 3 is 2.05 bits per heavy atom. The fourth-order valence-electron chi connectivity index (χ4n) is 7.90. The van der Waals surface area contributed by atoms with Gasteiger partial charge in [0.2, 0.25) is 0 Å². The molecule has 62 heavy (non-hydrogen) atoms. The maximum Gasteiger partial charge on any atom is 0.259 e. The van der Waals surface area contributed by atoms with Gasteiger partial charge in [0.1, 0.15) is 47.2 Å². The molecule has 1 aliphatic rings. The molecule has 1 N–H and O–H groups in total. The smallest absolute Gasteiger partial charge is 0.259 e. The zero-order valence-electron chi connectivity index (χ0n) is 35.9. The highest BCUT2D eigenvalue weighted by Gasteiger charge is 2.45. The van der Waals surface area contributed by atoms with Gasteiger partial charge in [-0.3, -0.25) is 4.79 Å². The minimum Gasteiger partial charge on any atom is -0.497 e. The number of nitrogens with zero attached hydrogens (tertiary/aromatic N) is 5. The Bertz CT molecular complexity index is 2350. The van der Waals surface area contributed by atoms with Gasteiger partial charge in [0.25, 0.3) is 14.4 Å². The third-order valence-corrected chi connectivity index (χ3v) is 12.9. The van der Waals surface area contributed by atoms with Gasteiger partial charge >= 0.3 is 0 Å². The Hall–Kier alpha value is -5.71. The SMILES string of the molecule is COc1ccc(C(OC[C@H]2O[C@@H](n3ccc4c(NC(=O)c5ccccc5)ncnc43)C[C@H]2OP(OCCC#N)N(C(C)C)C(C)C)(c2ccccc2)c2ccc(OC)cc2)cc1. The quantitative estimate of drug-likeness (QED) is 0.0473. The summed E-state index contributed by atoms with van der Waals surface area (Å²) in [6, 6.07) is 39.2. The van der Waals surface area contributed by atoms with Gasteiger partial charge in [-0.2, -0.15) is 5.26 Å². The van der Waals surface area contributed by atoms with Crippen LogP contribution in [0.4, 0.5) is 5.82 Å². The van der Waals surface area contributed by atoms with Crippen LogP contribution < -0.4 is 14.8 Å². The van der Waals surface area contributed by atoms with E-state index < -0.39 is 32.6 Å². The molecule has 1 unspecified atom stereocenters. The Labute approximate surface area is 364 Å². The Morgan fingerprint density at radius 1 is 0.871 bits per heavy atom. The lowest BCUT2D eigenvalue weighted by Gasteiger charge is -2.39. The number of anilines is 1. The van der Waals surface area contributed by atoms with Crippen molar-refractivity contribution in [1.82, 2.24) is 19.2 Å². The summed E-state index contributed by atoms with van der Waals surface area (Å²) in [5.41, 5.74) is 2.67. The van der Waals surface area contributed by atoms with Gasteiger partial charge in [-0.1, -0.05) is 72.8 Å². The summed E-state index contributed by atoms with van der Waals surface area (Å²) in [4.78, 5) is 22.3. The maximum atomic E-state index is 13.2. The van der Waals surface area contributed by atoms with Crippen molar-refractivity contribution in [3.63, 3.8) is 0 Å². The minimum atomic E-state index is -1.65. The fourth-order valence-corrected chi connectivity index (χ4v) is 9.65. The van der Waals surface area contributed by atoms with Crippen LogP contribution in [0.2, 0.25) is 0 Å². The van der Waals surface area contributed by atoms with Crippen molar-refractivity contribution in [3.05, 3.63) is 150 Å². The van der Waals surface area contributed by atoms with Crippen molar-refractivity contribution in [2.75, 3.05) is 32.8 Å². The van der Waals surface area contributed by atoms with Gasteiger partial charge in [-0.05, 0) is 86.8 Å². The summed E-state index contributed by atoms with van der Waals surface area (Å²) < 4.78 is 43.2. The number of hydrogen-bond donors (Lipinski definition) is 1. The molecule has 6 aromatic rings. The third kappa shape index (κ3) is 9.67. The van der Waals surface area contributed by atoms with E-state index in [0.717, 1.165) is 28.2 Å². The molecular formula is C48H53N6O7P. The number of benzene rings is 4. The van der Waals surface area contributed by atoms with E-state index in [0.29, 0.717) is 28.8 Å². The molecule has 4 aromatic carbocycles. The summed E-state index contributed by atoms with van der Waals surface area (Å²) >= 11 is 0. The second-order valence-electron chi connectivity index (χ2n) is 15.4. The predicted molar refractivity (Wildman–Crippen MR) is 239 cm³/mol. The molecule has 3 heterocycles. The van der Waals surface area contributed by atoms with Crippen LogP contribution >= 0.6 is 8.53 Å². The predicted octanol–water partition coefficient (Wildman–Crippen LogP) is 9.66. The molecule has 0 aliphatic carbocycles. The van der Waals surface area contributed by atoms with Crippen molar-refractivity contribution >= 4 is 31.3 Å². The molecule has 1 saturated heterocycles. The highest BCUT2D eigenvalue weighted by molar-refractivity contribution is 7.44. The molecule has 2 aromatic heterocycles. The zero-order chi connectivity index (χ0) is 43.6. The number of nitriles is 1. The van der Waals surface area contributed by atoms with Crippen LogP contribution in [0, 0.1) is 11.3 Å². The second kappa shape index (κ2) is 20.4. The monoisotopic (exact) mass is 856 g/mol. The molecule has 4 atom stereocenters. The van der Waals surface area contributed by atoms with E-state index in [1.54, 1.807) is 26.4 Å². The number of carbonyl (C=O) groups excluding carboxylic acids is 1. The maximum absolute atomic E-state index is 13.2. The van der Waals surface area contributed by atoms with Gasteiger partial charge in [-0.25, -0.2) is 14.6 Å². The largest absolute Gasteiger partial charge is 0.497 e. The molecule has 0 saturated carbocycles. The minimum absolute atomic E-state index is 0.0847. The van der Waals surface area contributed by atoms with Crippen molar-refractivity contribution in [2.45, 2.75) is 76.7 Å². The average molecular weight is 857 g/mol. The first-order chi connectivity index (χ1) is 30.2. The van der Waals surface area contributed by atoms with Crippen molar-refractivity contribution in [1.29, 1.82) is 5.26 Å². The van der Waals surface area contributed by atoms with Crippen LogP contribution in [-0.4, -0.2) is 76.8 Å². The highest BCUT2D eigenvalue weighted by Crippen LogP contribution is 2.51. The van der Waals surface area contributed by atoms with Gasteiger partial charge < -0.3 is 37.9 Å². The molecule has 7 rings (SSSR count). The van der Waals surface area contributed by atoms with E-state index >= 15 is 0 Å². The van der Waals surface area contributed by atoms with Gasteiger partial charge in [0.15, 0.2) is 0 Å². The standard InChI is InChI=1S/C48H53N6O7P/c1-33(2)54(34(3)4)62(59-29-13-27-49)61-42-30-44(53-28-26-41-45(50-32-51-46(41)53)52-47(55)35-14-9-7-10-15-35)60-43(42)31-58-48(36-16-11-8-12-17-36,37-18-22-39(56-5)23-19-37)38-20-24-40(57-6)25-21-38/h7-12,14-26,28,32-34,42-44H,13,29-31H2,1-6H3,(H,50,51,52,55)/t42-,43-,44-,62?/m1/s1. The number of carbonyl (C=O) groups is 1. The van der Waals surface area contributed by atoms with Crippen LogP contribution in [0.3, 0.4) is 0 Å². The van der Waals surface area contributed by atoms with E-state index in [4.69, 9.17) is 28.0 Å². The van der Waals surface area contributed by atoms with Crippen LogP contribution in [0.15, 0.2) is 128 Å². The van der Waals surface area contributed by atoms with Gasteiger partial charge in [0.05, 0.1) is 51.4 Å². The van der Waals surface area contributed by atoms with Crippen molar-refractivity contribution in [3.8, 4) is 17.6 Å². The lowest BCUT2D eigenvalue weighted by molar-refractivity contribution is -0.0911. The first-order valence-electron chi connectivity index (χ1n) is 20.7. The highest BCUT2D eigenvalue weighted by atomic mass is 31.2. The normalized spacial score (nSPS) is 17.1. The van der Waals surface area contributed by atoms with E-state index in [1.807, 2.05) is 102 Å². The molecule has 0 bridgehead atoms. The lowest BCUT2D eigenvalue weighted by Crippen LogP contribution is -2.39. The number of ether oxygens (including phenoxy) is 4. The summed E-state index contributed by atoms with van der Waals surface area (Å²) in [5, 5.41) is 13.1. The summed E-state index contributed by atoms with van der Waals surface area (Å²) in [5.74, 6) is 1.55. The fraction of sp³-hybridized carbons (Fsp3) is 0.333. The summed E-state index contributed by atoms with van der Waals surface area (Å²) in [6.45, 7) is 8.76. The Morgan fingerprint density at radius 2 is 1.47 bits per heavy atom. The molecule has 322 valence electrons. The number of fused-ring (bicyclic) bond motifs is 1. The third-order valence-electron chi connectivity index (χ3n) is 10.8. The van der Waals surface area contributed by atoms with Crippen LogP contribution in [0.5, 0.6) is 11.5 Å². The number of nitrogens with one attached hydrogen (secondary N) is 1. The number of rotatable bonds is 19. The molecule has 0 radical (unpaired) electrons. The molecular weight excluding hydrogens is 804 g/mol. The second-order valence-corrected chi connectivity index (χ2v) is 16.8. The first kappa shape index (κ1) is 44.3. The number of amides is 1. The molecule has 1 aliphatic heterocycles. The van der Waals surface area contributed by atoms with E-state index in [9.17, 15) is 10.1 Å². The Balaban J connectivity index is 1.28. The number of methoxy groups -OCH3 is 2. The first-order valence-corrected chi connectivity index (χ1v) is 21.9. The van der Waals surface area contributed by atoms with Crippen LogP contribution in [0.1, 0.15) is 73.8 Å². The Kier molecular flexibility index (Phi) is 14.6.